The molecule has 0 saturated carbocycles. The number of carbonyl (C=O) groups excluding carboxylic acids is 1. The highest BCUT2D eigenvalue weighted by molar-refractivity contribution is 5.70. The Kier molecular flexibility index (Phi) is 5.34. The van der Waals surface area contributed by atoms with Crippen molar-refractivity contribution < 1.29 is 14.7 Å². The fourth-order valence-electron chi connectivity index (χ4n) is 1.79. The number of rotatable bonds is 5. The summed E-state index contributed by atoms with van der Waals surface area (Å²) < 4.78 is 5.71. The lowest BCUT2D eigenvalue weighted by Gasteiger charge is -2.08. The van der Waals surface area contributed by atoms with E-state index >= 15 is 0 Å². The molecule has 2 rings (SSSR count). The molecule has 0 aromatic heterocycles. The van der Waals surface area contributed by atoms with E-state index in [1.807, 2.05) is 18.2 Å². The molecule has 0 fully saturated rings. The molecule has 23 heavy (non-hydrogen) atoms. The minimum atomic E-state index is -0.910. The molecule has 3 N–H and O–H groups in total. The topological polar surface area (TPSA) is 99.6 Å². The van der Waals surface area contributed by atoms with E-state index in [0.29, 0.717) is 22.1 Å². The summed E-state index contributed by atoms with van der Waals surface area (Å²) in [5.41, 5.74) is 6.32. The molecule has 2 aromatic rings. The van der Waals surface area contributed by atoms with Gasteiger partial charge in [-0.25, -0.2) is 9.86 Å². The Morgan fingerprint density at radius 1 is 1.26 bits per heavy atom. The van der Waals surface area contributed by atoms with Gasteiger partial charge in [-0.3, -0.25) is 5.21 Å². The highest BCUT2D eigenvalue weighted by Gasteiger charge is 2.02. The summed E-state index contributed by atoms with van der Waals surface area (Å²) >= 11 is 0. The molecule has 0 radical (unpaired) electrons. The average molecular weight is 309 g/mol. The van der Waals surface area contributed by atoms with Gasteiger partial charge in [0, 0.05) is 0 Å². The number of hydrogen-bond acceptors (Lipinski definition) is 4. The molecule has 0 aliphatic carbocycles. The van der Waals surface area contributed by atoms with E-state index in [1.54, 1.807) is 48.6 Å². The van der Waals surface area contributed by atoms with E-state index in [0.717, 1.165) is 5.56 Å². The maximum atomic E-state index is 10.7. The molecule has 2 amide bonds. The van der Waals surface area contributed by atoms with Crippen molar-refractivity contribution in [2.24, 2.45) is 5.73 Å². The predicted molar refractivity (Wildman–Crippen MR) is 84.8 cm³/mol. The number of hydroxylamine groups is 2. The highest BCUT2D eigenvalue weighted by Crippen LogP contribution is 2.23. The number of nitrogens with zero attached hydrogens (tertiary/aromatic N) is 2. The number of benzene rings is 2. The molecule has 0 spiro atoms. The molecule has 6 nitrogen and oxygen atoms in total. The van der Waals surface area contributed by atoms with Gasteiger partial charge in [0.25, 0.3) is 0 Å². The molecule has 2 aromatic carbocycles. The SMILES string of the molecule is N#Cc1ccc(Oc2cccc(/C=C/CN(O)C(N)=O)c2)cc1. The van der Waals surface area contributed by atoms with Gasteiger partial charge in [0.15, 0.2) is 0 Å². The van der Waals surface area contributed by atoms with Crippen molar-refractivity contribution in [2.75, 3.05) is 6.54 Å². The predicted octanol–water partition coefficient (Wildman–Crippen LogP) is 3.13. The highest BCUT2D eigenvalue weighted by atomic mass is 16.5. The fourth-order valence-corrected chi connectivity index (χ4v) is 1.79. The number of hydrogen-bond donors (Lipinski definition) is 2. The van der Waals surface area contributed by atoms with Crippen LogP contribution in [-0.4, -0.2) is 22.8 Å². The van der Waals surface area contributed by atoms with Crippen molar-refractivity contribution in [2.45, 2.75) is 0 Å². The van der Waals surface area contributed by atoms with Gasteiger partial charge >= 0.3 is 6.03 Å². The minimum absolute atomic E-state index is 0.00393. The normalized spacial score (nSPS) is 10.3. The van der Waals surface area contributed by atoms with E-state index in [4.69, 9.17) is 20.9 Å². The van der Waals surface area contributed by atoms with Gasteiger partial charge in [-0.15, -0.1) is 0 Å². The second kappa shape index (κ2) is 7.64. The van der Waals surface area contributed by atoms with Gasteiger partial charge in [-0.2, -0.15) is 5.26 Å². The molecule has 0 bridgehead atoms. The fraction of sp³-hybridized carbons (Fsp3) is 0.0588. The second-order valence-electron chi connectivity index (χ2n) is 4.63. The Morgan fingerprint density at radius 3 is 2.65 bits per heavy atom. The summed E-state index contributed by atoms with van der Waals surface area (Å²) in [6.07, 6.45) is 3.34. The molecule has 0 atom stereocenters. The first kappa shape index (κ1) is 16.1. The lowest BCUT2D eigenvalue weighted by molar-refractivity contribution is -0.0286. The Bertz CT molecular complexity index is 748. The van der Waals surface area contributed by atoms with Gasteiger partial charge in [0.1, 0.15) is 11.5 Å². The molecular formula is C17H15N3O3. The van der Waals surface area contributed by atoms with Crippen LogP contribution in [0.1, 0.15) is 11.1 Å². The van der Waals surface area contributed by atoms with Crippen LogP contribution in [0.2, 0.25) is 0 Å². The summed E-state index contributed by atoms with van der Waals surface area (Å²) in [6.45, 7) is -0.00393. The van der Waals surface area contributed by atoms with E-state index in [9.17, 15) is 4.79 Å². The van der Waals surface area contributed by atoms with Gasteiger partial charge in [-0.1, -0.05) is 24.3 Å². The van der Waals surface area contributed by atoms with Crippen LogP contribution in [0.25, 0.3) is 6.08 Å². The van der Waals surface area contributed by atoms with Gasteiger partial charge in [0.2, 0.25) is 0 Å². The Hall–Kier alpha value is -3.30. The van der Waals surface area contributed by atoms with Gasteiger partial charge in [-0.05, 0) is 42.0 Å². The number of amides is 2. The van der Waals surface area contributed by atoms with E-state index in [1.165, 1.54) is 0 Å². The number of urea groups is 1. The summed E-state index contributed by atoms with van der Waals surface area (Å²) in [4.78, 5) is 10.7. The lowest BCUT2D eigenvalue weighted by Crippen LogP contribution is -2.32. The van der Waals surface area contributed by atoms with E-state index in [-0.39, 0.29) is 6.54 Å². The van der Waals surface area contributed by atoms with Crippen LogP contribution < -0.4 is 10.5 Å². The van der Waals surface area contributed by atoms with E-state index < -0.39 is 6.03 Å². The monoisotopic (exact) mass is 309 g/mol. The number of primary amides is 1. The van der Waals surface area contributed by atoms with Crippen LogP contribution in [-0.2, 0) is 0 Å². The Balaban J connectivity index is 2.03. The average Bonchev–Trinajstić information content (AvgIpc) is 2.56. The van der Waals surface area contributed by atoms with Crippen molar-refractivity contribution in [3.05, 3.63) is 65.7 Å². The Labute approximate surface area is 133 Å². The van der Waals surface area contributed by atoms with Crippen molar-refractivity contribution in [1.82, 2.24) is 5.06 Å². The zero-order valence-electron chi connectivity index (χ0n) is 12.2. The molecular weight excluding hydrogens is 294 g/mol. The third-order valence-corrected chi connectivity index (χ3v) is 2.92. The van der Waals surface area contributed by atoms with E-state index in [2.05, 4.69) is 0 Å². The number of carbonyl (C=O) groups is 1. The maximum absolute atomic E-state index is 10.7. The Morgan fingerprint density at radius 2 is 2.00 bits per heavy atom. The standard InChI is InChI=1S/C17H15N3O3/c18-12-14-6-8-15(9-7-14)23-16-5-1-3-13(11-16)4-2-10-20(22)17(19)21/h1-9,11,22H,10H2,(H2,19,21)/b4-2+. The summed E-state index contributed by atoms with van der Waals surface area (Å²) in [6, 6.07) is 15.2. The molecule has 0 aliphatic rings. The third-order valence-electron chi connectivity index (χ3n) is 2.92. The molecule has 0 aliphatic heterocycles. The van der Waals surface area contributed by atoms with Crippen LogP contribution in [0.15, 0.2) is 54.6 Å². The third kappa shape index (κ3) is 4.88. The number of nitrogens with two attached hydrogens (primary N) is 1. The summed E-state index contributed by atoms with van der Waals surface area (Å²) in [5, 5.41) is 18.3. The van der Waals surface area contributed by atoms with Crippen molar-refractivity contribution in [3.63, 3.8) is 0 Å². The van der Waals surface area contributed by atoms with Crippen molar-refractivity contribution >= 4 is 12.1 Å². The number of ether oxygens (including phenoxy) is 1. The molecule has 116 valence electrons. The minimum Gasteiger partial charge on any atom is -0.457 e. The molecule has 6 heteroatoms. The number of nitriles is 1. The van der Waals surface area contributed by atoms with Crippen LogP contribution in [0.5, 0.6) is 11.5 Å². The first-order chi connectivity index (χ1) is 11.1. The van der Waals surface area contributed by atoms with Crippen LogP contribution in [0.4, 0.5) is 4.79 Å². The van der Waals surface area contributed by atoms with Crippen molar-refractivity contribution in [3.8, 4) is 17.6 Å². The van der Waals surface area contributed by atoms with Crippen LogP contribution in [0, 0.1) is 11.3 Å². The smallest absolute Gasteiger partial charge is 0.338 e. The lowest BCUT2D eigenvalue weighted by atomic mass is 10.2. The zero-order chi connectivity index (χ0) is 16.7. The zero-order valence-corrected chi connectivity index (χ0v) is 12.2. The van der Waals surface area contributed by atoms with Crippen LogP contribution in [0.3, 0.4) is 0 Å². The largest absolute Gasteiger partial charge is 0.457 e. The van der Waals surface area contributed by atoms with Crippen LogP contribution >= 0.6 is 0 Å². The first-order valence-corrected chi connectivity index (χ1v) is 6.79. The van der Waals surface area contributed by atoms with Gasteiger partial charge < -0.3 is 10.5 Å². The van der Waals surface area contributed by atoms with Crippen molar-refractivity contribution in [1.29, 1.82) is 5.26 Å². The molecule has 0 unspecified atom stereocenters. The maximum Gasteiger partial charge on any atom is 0.338 e. The quantitative estimate of drug-likeness (QED) is 0.654. The first-order valence-electron chi connectivity index (χ1n) is 6.79. The summed E-state index contributed by atoms with van der Waals surface area (Å²) in [7, 11) is 0. The molecule has 0 saturated heterocycles. The van der Waals surface area contributed by atoms with Gasteiger partial charge in [0.05, 0.1) is 18.2 Å². The summed E-state index contributed by atoms with van der Waals surface area (Å²) in [5.74, 6) is 1.26. The second-order valence-corrected chi connectivity index (χ2v) is 4.63. The molecule has 0 heterocycles.